The zero-order chi connectivity index (χ0) is 10.1. The van der Waals surface area contributed by atoms with E-state index in [0.717, 1.165) is 27.6 Å². The SMILES string of the molecule is CC(N)Cc1noc2ccc(Br)cc12. The van der Waals surface area contributed by atoms with E-state index in [-0.39, 0.29) is 6.04 Å². The summed E-state index contributed by atoms with van der Waals surface area (Å²) in [7, 11) is 0. The molecule has 0 bridgehead atoms. The van der Waals surface area contributed by atoms with Crippen LogP contribution in [-0.2, 0) is 6.42 Å². The number of nitrogens with zero attached hydrogens (tertiary/aromatic N) is 1. The van der Waals surface area contributed by atoms with E-state index in [0.29, 0.717) is 0 Å². The molecule has 1 unspecified atom stereocenters. The Morgan fingerprint density at radius 2 is 2.36 bits per heavy atom. The fourth-order valence-corrected chi connectivity index (χ4v) is 1.77. The van der Waals surface area contributed by atoms with Crippen LogP contribution in [0.1, 0.15) is 12.6 Å². The van der Waals surface area contributed by atoms with E-state index >= 15 is 0 Å². The first-order valence-corrected chi connectivity index (χ1v) is 5.25. The van der Waals surface area contributed by atoms with Gasteiger partial charge in [0, 0.05) is 22.3 Å². The summed E-state index contributed by atoms with van der Waals surface area (Å²) in [5, 5.41) is 5.04. The lowest BCUT2D eigenvalue weighted by Crippen LogP contribution is -2.17. The molecule has 1 aromatic heterocycles. The molecule has 1 atom stereocenters. The minimum atomic E-state index is 0.0993. The van der Waals surface area contributed by atoms with Gasteiger partial charge < -0.3 is 10.3 Å². The van der Waals surface area contributed by atoms with Gasteiger partial charge in [-0.1, -0.05) is 21.1 Å². The summed E-state index contributed by atoms with van der Waals surface area (Å²) in [6, 6.07) is 5.94. The van der Waals surface area contributed by atoms with Crippen molar-refractivity contribution < 1.29 is 4.52 Å². The Labute approximate surface area is 90.4 Å². The number of aromatic nitrogens is 1. The second kappa shape index (κ2) is 3.71. The molecule has 0 aliphatic carbocycles. The van der Waals surface area contributed by atoms with Gasteiger partial charge >= 0.3 is 0 Å². The van der Waals surface area contributed by atoms with Gasteiger partial charge in [0.05, 0.1) is 5.69 Å². The number of hydrogen-bond acceptors (Lipinski definition) is 3. The highest BCUT2D eigenvalue weighted by Gasteiger charge is 2.09. The van der Waals surface area contributed by atoms with Crippen LogP contribution >= 0.6 is 15.9 Å². The van der Waals surface area contributed by atoms with Crippen molar-refractivity contribution in [2.24, 2.45) is 5.73 Å². The number of rotatable bonds is 2. The predicted molar refractivity (Wildman–Crippen MR) is 59.1 cm³/mol. The Kier molecular flexibility index (Phi) is 2.56. The van der Waals surface area contributed by atoms with Crippen molar-refractivity contribution in [1.29, 1.82) is 0 Å². The molecule has 0 saturated heterocycles. The minimum absolute atomic E-state index is 0.0993. The van der Waals surface area contributed by atoms with E-state index in [1.54, 1.807) is 0 Å². The number of fused-ring (bicyclic) bond motifs is 1. The van der Waals surface area contributed by atoms with Crippen LogP contribution in [0.25, 0.3) is 11.0 Å². The molecule has 2 aromatic rings. The Hall–Kier alpha value is -0.870. The molecule has 74 valence electrons. The van der Waals surface area contributed by atoms with Gasteiger partial charge in [0.2, 0.25) is 0 Å². The molecule has 2 rings (SSSR count). The van der Waals surface area contributed by atoms with Crippen LogP contribution < -0.4 is 5.73 Å². The lowest BCUT2D eigenvalue weighted by atomic mass is 10.1. The van der Waals surface area contributed by atoms with Gasteiger partial charge in [-0.05, 0) is 25.1 Å². The van der Waals surface area contributed by atoms with Crippen molar-refractivity contribution in [3.8, 4) is 0 Å². The summed E-state index contributed by atoms with van der Waals surface area (Å²) in [6.45, 7) is 1.96. The van der Waals surface area contributed by atoms with Crippen LogP contribution in [0, 0.1) is 0 Å². The fourth-order valence-electron chi connectivity index (χ4n) is 1.41. The lowest BCUT2D eigenvalue weighted by molar-refractivity contribution is 0.443. The van der Waals surface area contributed by atoms with Crippen LogP contribution in [0.5, 0.6) is 0 Å². The van der Waals surface area contributed by atoms with E-state index in [1.807, 2.05) is 25.1 Å². The van der Waals surface area contributed by atoms with Crippen molar-refractivity contribution in [3.05, 3.63) is 28.4 Å². The highest BCUT2D eigenvalue weighted by atomic mass is 79.9. The average molecular weight is 255 g/mol. The fraction of sp³-hybridized carbons (Fsp3) is 0.300. The Bertz CT molecular complexity index is 450. The molecule has 1 aromatic carbocycles. The second-order valence-electron chi connectivity index (χ2n) is 3.45. The highest BCUT2D eigenvalue weighted by Crippen LogP contribution is 2.23. The Balaban J connectivity index is 2.50. The number of halogens is 1. The van der Waals surface area contributed by atoms with Crippen LogP contribution in [0.15, 0.2) is 27.2 Å². The van der Waals surface area contributed by atoms with Gasteiger partial charge in [-0.25, -0.2) is 0 Å². The molecule has 0 fully saturated rings. The average Bonchev–Trinajstić information content (AvgIpc) is 2.47. The van der Waals surface area contributed by atoms with E-state index in [2.05, 4.69) is 21.1 Å². The molecule has 0 aliphatic heterocycles. The third-order valence-electron chi connectivity index (χ3n) is 2.02. The van der Waals surface area contributed by atoms with Crippen molar-refractivity contribution in [3.63, 3.8) is 0 Å². The summed E-state index contributed by atoms with van der Waals surface area (Å²) in [6.07, 6.45) is 0.740. The number of hydrogen-bond donors (Lipinski definition) is 1. The Morgan fingerprint density at radius 3 is 3.07 bits per heavy atom. The molecule has 2 N–H and O–H groups in total. The predicted octanol–water partition coefficient (Wildman–Crippen LogP) is 2.48. The largest absolute Gasteiger partial charge is 0.356 e. The van der Waals surface area contributed by atoms with E-state index < -0.39 is 0 Å². The quantitative estimate of drug-likeness (QED) is 0.896. The summed E-state index contributed by atoms with van der Waals surface area (Å²) in [5.74, 6) is 0. The minimum Gasteiger partial charge on any atom is -0.356 e. The van der Waals surface area contributed by atoms with Gasteiger partial charge in [0.15, 0.2) is 5.58 Å². The zero-order valence-corrected chi connectivity index (χ0v) is 9.41. The molecule has 0 spiro atoms. The van der Waals surface area contributed by atoms with Crippen molar-refractivity contribution in [2.75, 3.05) is 0 Å². The Morgan fingerprint density at radius 1 is 1.57 bits per heavy atom. The lowest BCUT2D eigenvalue weighted by Gasteiger charge is -2.00. The summed E-state index contributed by atoms with van der Waals surface area (Å²) >= 11 is 3.42. The van der Waals surface area contributed by atoms with Gasteiger partial charge in [-0.2, -0.15) is 0 Å². The van der Waals surface area contributed by atoms with E-state index in [4.69, 9.17) is 10.3 Å². The normalized spacial score (nSPS) is 13.4. The first-order valence-electron chi connectivity index (χ1n) is 4.46. The summed E-state index contributed by atoms with van der Waals surface area (Å²) < 4.78 is 6.21. The standard InChI is InChI=1S/C10H11BrN2O/c1-6(12)4-9-8-5-7(11)2-3-10(8)14-13-9/h2-3,5-6H,4,12H2,1H3. The molecule has 0 saturated carbocycles. The molecule has 0 radical (unpaired) electrons. The van der Waals surface area contributed by atoms with E-state index in [1.165, 1.54) is 0 Å². The summed E-state index contributed by atoms with van der Waals surface area (Å²) in [4.78, 5) is 0. The second-order valence-corrected chi connectivity index (χ2v) is 4.37. The molecule has 0 amide bonds. The molecule has 14 heavy (non-hydrogen) atoms. The highest BCUT2D eigenvalue weighted by molar-refractivity contribution is 9.10. The van der Waals surface area contributed by atoms with Gasteiger partial charge in [0.1, 0.15) is 0 Å². The molecule has 3 nitrogen and oxygen atoms in total. The van der Waals surface area contributed by atoms with Crippen molar-refractivity contribution >= 4 is 26.9 Å². The monoisotopic (exact) mass is 254 g/mol. The molecular formula is C10H11BrN2O. The first-order chi connectivity index (χ1) is 6.66. The van der Waals surface area contributed by atoms with Crippen LogP contribution in [0.3, 0.4) is 0 Å². The number of nitrogens with two attached hydrogens (primary N) is 1. The topological polar surface area (TPSA) is 52.0 Å². The van der Waals surface area contributed by atoms with Gasteiger partial charge in [0.25, 0.3) is 0 Å². The van der Waals surface area contributed by atoms with E-state index in [9.17, 15) is 0 Å². The number of benzene rings is 1. The molecule has 1 heterocycles. The van der Waals surface area contributed by atoms with Crippen LogP contribution in [0.4, 0.5) is 0 Å². The molecular weight excluding hydrogens is 244 g/mol. The van der Waals surface area contributed by atoms with Crippen LogP contribution in [-0.4, -0.2) is 11.2 Å². The molecule has 4 heteroatoms. The molecule has 0 aliphatic rings. The smallest absolute Gasteiger partial charge is 0.167 e. The third kappa shape index (κ3) is 1.81. The zero-order valence-electron chi connectivity index (χ0n) is 7.83. The van der Waals surface area contributed by atoms with Crippen LogP contribution in [0.2, 0.25) is 0 Å². The van der Waals surface area contributed by atoms with Gasteiger partial charge in [-0.3, -0.25) is 0 Å². The van der Waals surface area contributed by atoms with Gasteiger partial charge in [-0.15, -0.1) is 0 Å². The maximum absolute atomic E-state index is 5.72. The third-order valence-corrected chi connectivity index (χ3v) is 2.52. The first kappa shape index (κ1) is 9.68. The van der Waals surface area contributed by atoms with Crippen molar-refractivity contribution in [1.82, 2.24) is 5.16 Å². The summed E-state index contributed by atoms with van der Waals surface area (Å²) in [5.41, 5.74) is 7.46. The maximum Gasteiger partial charge on any atom is 0.167 e. The van der Waals surface area contributed by atoms with Crippen molar-refractivity contribution in [2.45, 2.75) is 19.4 Å². The maximum atomic E-state index is 5.72.